The predicted octanol–water partition coefficient (Wildman–Crippen LogP) is 4.50. The Kier molecular flexibility index (Phi) is 2.86. The third-order valence-electron chi connectivity index (χ3n) is 6.91. The summed E-state index contributed by atoms with van der Waals surface area (Å²) in [5, 5.41) is 9.72. The van der Waals surface area contributed by atoms with Crippen molar-refractivity contribution in [3.8, 4) is 18.1 Å². The molecule has 1 aromatic carbocycles. The highest BCUT2D eigenvalue weighted by molar-refractivity contribution is 5.40. The van der Waals surface area contributed by atoms with E-state index in [-0.39, 0.29) is 0 Å². The van der Waals surface area contributed by atoms with Gasteiger partial charge in [-0.25, -0.2) is 0 Å². The summed E-state index contributed by atoms with van der Waals surface area (Å²) in [6.45, 7) is 2.46. The molecule has 110 valence electrons. The fraction of sp³-hybridized carbons (Fsp3) is 0.600. The number of phenols is 1. The highest BCUT2D eigenvalue weighted by Gasteiger charge is 2.54. The molecule has 3 aliphatic carbocycles. The molecule has 5 atom stereocenters. The van der Waals surface area contributed by atoms with Gasteiger partial charge < -0.3 is 5.11 Å². The summed E-state index contributed by atoms with van der Waals surface area (Å²) in [5.74, 6) is 6.31. The first-order valence-electron chi connectivity index (χ1n) is 8.41. The maximum atomic E-state index is 9.72. The molecule has 3 aliphatic rings. The van der Waals surface area contributed by atoms with E-state index in [1.165, 1.54) is 43.2 Å². The Hall–Kier alpha value is -1.42. The van der Waals surface area contributed by atoms with Crippen LogP contribution in [0.3, 0.4) is 0 Å². The molecule has 0 spiro atoms. The molecule has 0 radical (unpaired) electrons. The number of hydrogen-bond donors (Lipinski definition) is 1. The predicted molar refractivity (Wildman–Crippen MR) is 85.0 cm³/mol. The van der Waals surface area contributed by atoms with E-state index in [0.717, 1.165) is 18.3 Å². The van der Waals surface area contributed by atoms with Crippen LogP contribution in [0.1, 0.15) is 56.1 Å². The average molecular weight is 280 g/mol. The quantitative estimate of drug-likeness (QED) is 0.694. The second-order valence-corrected chi connectivity index (χ2v) is 7.64. The molecule has 0 bridgehead atoms. The van der Waals surface area contributed by atoms with Crippen LogP contribution in [0.25, 0.3) is 0 Å². The van der Waals surface area contributed by atoms with Crippen LogP contribution >= 0.6 is 0 Å². The van der Waals surface area contributed by atoms with Crippen LogP contribution in [-0.4, -0.2) is 5.11 Å². The molecule has 4 rings (SSSR count). The van der Waals surface area contributed by atoms with Gasteiger partial charge in [-0.1, -0.05) is 13.0 Å². The van der Waals surface area contributed by atoms with Gasteiger partial charge in [-0.05, 0) is 85.0 Å². The normalized spacial score (nSPS) is 40.8. The van der Waals surface area contributed by atoms with E-state index in [9.17, 15) is 5.11 Å². The minimum atomic E-state index is 0.379. The van der Waals surface area contributed by atoms with Gasteiger partial charge in [0.2, 0.25) is 0 Å². The number of aryl methyl sites for hydroxylation is 1. The summed E-state index contributed by atoms with van der Waals surface area (Å²) in [4.78, 5) is 0. The van der Waals surface area contributed by atoms with Gasteiger partial charge in [0.25, 0.3) is 0 Å². The zero-order valence-electron chi connectivity index (χ0n) is 12.8. The van der Waals surface area contributed by atoms with Crippen molar-refractivity contribution in [1.82, 2.24) is 0 Å². The van der Waals surface area contributed by atoms with Crippen molar-refractivity contribution in [3.05, 3.63) is 29.3 Å². The third-order valence-corrected chi connectivity index (χ3v) is 6.91. The van der Waals surface area contributed by atoms with Crippen molar-refractivity contribution in [2.24, 2.45) is 23.2 Å². The van der Waals surface area contributed by atoms with E-state index in [0.29, 0.717) is 23.0 Å². The molecule has 1 N–H and O–H groups in total. The van der Waals surface area contributed by atoms with E-state index in [4.69, 9.17) is 6.42 Å². The Morgan fingerprint density at radius 3 is 2.90 bits per heavy atom. The second kappa shape index (κ2) is 4.54. The van der Waals surface area contributed by atoms with Crippen molar-refractivity contribution in [3.63, 3.8) is 0 Å². The topological polar surface area (TPSA) is 20.2 Å². The minimum Gasteiger partial charge on any atom is -0.508 e. The van der Waals surface area contributed by atoms with Crippen LogP contribution in [-0.2, 0) is 6.42 Å². The van der Waals surface area contributed by atoms with Gasteiger partial charge in [0, 0.05) is 5.92 Å². The summed E-state index contributed by atoms with van der Waals surface area (Å²) in [7, 11) is 0. The molecule has 0 aliphatic heterocycles. The Morgan fingerprint density at radius 2 is 2.10 bits per heavy atom. The molecule has 0 heterocycles. The minimum absolute atomic E-state index is 0.379. The standard InChI is InChI=1S/C20H24O/c1-3-14-5-9-19-18-7-4-13-12-15(21)6-8-16(13)17(18)10-11-20(14,19)2/h1,6,8,12,14,17-19,21H,4-5,7,9-11H2,2H3/t14-,17?,18?,19?,20?/m0/s1. The average Bonchev–Trinajstić information content (AvgIpc) is 2.83. The van der Waals surface area contributed by atoms with Crippen molar-refractivity contribution in [1.29, 1.82) is 0 Å². The SMILES string of the molecule is C#C[C@H]1CCC2C3CCc4cc(O)ccc4C3CCC21C. The van der Waals surface area contributed by atoms with Gasteiger partial charge in [0.1, 0.15) is 5.75 Å². The lowest BCUT2D eigenvalue weighted by atomic mass is 9.54. The van der Waals surface area contributed by atoms with Crippen molar-refractivity contribution >= 4 is 0 Å². The molecule has 0 amide bonds. The van der Waals surface area contributed by atoms with E-state index in [1.807, 2.05) is 12.1 Å². The van der Waals surface area contributed by atoms with Crippen molar-refractivity contribution in [2.45, 2.75) is 51.4 Å². The van der Waals surface area contributed by atoms with Crippen LogP contribution in [0.15, 0.2) is 18.2 Å². The van der Waals surface area contributed by atoms with Gasteiger partial charge in [0.05, 0.1) is 0 Å². The maximum absolute atomic E-state index is 9.72. The first-order valence-corrected chi connectivity index (χ1v) is 8.41. The van der Waals surface area contributed by atoms with Crippen LogP contribution in [0.2, 0.25) is 0 Å². The lowest BCUT2D eigenvalue weighted by Crippen LogP contribution is -2.42. The number of benzene rings is 1. The third kappa shape index (κ3) is 1.78. The number of rotatable bonds is 0. The van der Waals surface area contributed by atoms with Crippen molar-refractivity contribution < 1.29 is 5.11 Å². The van der Waals surface area contributed by atoms with E-state index < -0.39 is 0 Å². The van der Waals surface area contributed by atoms with Crippen molar-refractivity contribution in [2.75, 3.05) is 0 Å². The molecule has 1 heteroatoms. The summed E-state index contributed by atoms with van der Waals surface area (Å²) in [6, 6.07) is 6.03. The van der Waals surface area contributed by atoms with Crippen LogP contribution in [0.4, 0.5) is 0 Å². The van der Waals surface area contributed by atoms with E-state index in [2.05, 4.69) is 18.9 Å². The highest BCUT2D eigenvalue weighted by Crippen LogP contribution is 2.62. The largest absolute Gasteiger partial charge is 0.508 e. The van der Waals surface area contributed by atoms with Gasteiger partial charge in [-0.2, -0.15) is 0 Å². The number of hydrogen-bond acceptors (Lipinski definition) is 1. The molecule has 21 heavy (non-hydrogen) atoms. The van der Waals surface area contributed by atoms with Crippen LogP contribution < -0.4 is 0 Å². The van der Waals surface area contributed by atoms with Crippen LogP contribution in [0, 0.1) is 35.5 Å². The summed E-state index contributed by atoms with van der Waals surface area (Å²) in [5.41, 5.74) is 3.27. The maximum Gasteiger partial charge on any atom is 0.115 e. The molecule has 4 unspecified atom stereocenters. The summed E-state index contributed by atoms with van der Waals surface area (Å²) < 4.78 is 0. The lowest BCUT2D eigenvalue weighted by Gasteiger charge is -2.50. The monoisotopic (exact) mass is 280 g/mol. The molecule has 2 fully saturated rings. The van der Waals surface area contributed by atoms with Crippen LogP contribution in [0.5, 0.6) is 5.75 Å². The van der Waals surface area contributed by atoms with Gasteiger partial charge >= 0.3 is 0 Å². The molecule has 0 aromatic heterocycles. The number of fused-ring (bicyclic) bond motifs is 5. The molecular weight excluding hydrogens is 256 g/mol. The zero-order chi connectivity index (χ0) is 14.6. The Labute approximate surface area is 127 Å². The summed E-state index contributed by atoms with van der Waals surface area (Å²) in [6.07, 6.45) is 13.3. The molecule has 0 saturated heterocycles. The molecular formula is C20H24O. The van der Waals surface area contributed by atoms with E-state index >= 15 is 0 Å². The lowest BCUT2D eigenvalue weighted by molar-refractivity contribution is 0.0432. The smallest absolute Gasteiger partial charge is 0.115 e. The Balaban J connectivity index is 1.70. The van der Waals surface area contributed by atoms with Gasteiger partial charge in [-0.15, -0.1) is 12.3 Å². The fourth-order valence-corrected chi connectivity index (χ4v) is 5.84. The number of phenolic OH excluding ortho intramolecular Hbond substituents is 1. The Bertz CT molecular complexity index is 611. The first-order chi connectivity index (χ1) is 10.1. The fourth-order valence-electron chi connectivity index (χ4n) is 5.84. The molecule has 1 aromatic rings. The first kappa shape index (κ1) is 13.3. The van der Waals surface area contributed by atoms with E-state index in [1.54, 1.807) is 0 Å². The number of aromatic hydroxyl groups is 1. The number of terminal acetylenes is 1. The Morgan fingerprint density at radius 1 is 1.24 bits per heavy atom. The molecule has 2 saturated carbocycles. The zero-order valence-corrected chi connectivity index (χ0v) is 12.8. The van der Waals surface area contributed by atoms with Gasteiger partial charge in [0.15, 0.2) is 0 Å². The second-order valence-electron chi connectivity index (χ2n) is 7.64. The molecule has 1 nitrogen and oxygen atoms in total. The highest BCUT2D eigenvalue weighted by atomic mass is 16.3. The summed E-state index contributed by atoms with van der Waals surface area (Å²) >= 11 is 0. The van der Waals surface area contributed by atoms with Gasteiger partial charge in [-0.3, -0.25) is 0 Å².